The lowest BCUT2D eigenvalue weighted by atomic mass is 10.0. The highest BCUT2D eigenvalue weighted by molar-refractivity contribution is 7.81. The molecule has 2 atom stereocenters. The van der Waals surface area contributed by atoms with Gasteiger partial charge in [-0.2, -0.15) is 23.4 Å². The Morgan fingerprint density at radius 3 is 2.55 bits per heavy atom. The molecule has 1 N–H and O–H groups in total. The Kier molecular flexibility index (Phi) is 6.89. The van der Waals surface area contributed by atoms with E-state index in [-0.39, 0.29) is 29.9 Å². The third-order valence-corrected chi connectivity index (χ3v) is 7.25. The molecule has 0 spiro atoms. The summed E-state index contributed by atoms with van der Waals surface area (Å²) in [6.07, 6.45) is -5.73. The van der Waals surface area contributed by atoms with E-state index >= 15 is 0 Å². The molecule has 0 bridgehead atoms. The van der Waals surface area contributed by atoms with Crippen molar-refractivity contribution in [2.75, 3.05) is 23.0 Å². The molecule has 2 fully saturated rings. The van der Waals surface area contributed by atoms with Crippen molar-refractivity contribution in [3.63, 3.8) is 0 Å². The van der Waals surface area contributed by atoms with Gasteiger partial charge in [-0.25, -0.2) is 4.98 Å². The number of alkyl halides is 3. The first-order valence-electron chi connectivity index (χ1n) is 12.4. The van der Waals surface area contributed by atoms with Gasteiger partial charge in [0.05, 0.1) is 47.0 Å². The van der Waals surface area contributed by atoms with Crippen molar-refractivity contribution in [1.29, 1.82) is 5.26 Å². The number of carbonyl (C=O) groups is 1. The van der Waals surface area contributed by atoms with Gasteiger partial charge in [0.2, 0.25) is 5.88 Å². The summed E-state index contributed by atoms with van der Waals surface area (Å²) in [4.78, 5) is 25.2. The first-order chi connectivity index (χ1) is 18.9. The van der Waals surface area contributed by atoms with Crippen LogP contribution in [-0.4, -0.2) is 57.1 Å². The Morgan fingerprint density at radius 1 is 1.20 bits per heavy atom. The maximum absolute atomic E-state index is 13.7. The molecule has 0 radical (unpaired) electrons. The van der Waals surface area contributed by atoms with Gasteiger partial charge in [-0.15, -0.1) is 0 Å². The van der Waals surface area contributed by atoms with Gasteiger partial charge in [0.15, 0.2) is 11.2 Å². The summed E-state index contributed by atoms with van der Waals surface area (Å²) in [5.74, 6) is 0.213. The van der Waals surface area contributed by atoms with Crippen LogP contribution >= 0.6 is 12.2 Å². The zero-order valence-electron chi connectivity index (χ0n) is 21.7. The molecule has 2 aliphatic rings. The number of amides is 1. The van der Waals surface area contributed by atoms with Gasteiger partial charge < -0.3 is 19.5 Å². The number of hydrogen-bond donors (Lipinski definition) is 1. The number of nitriles is 1. The van der Waals surface area contributed by atoms with Crippen LogP contribution < -0.4 is 14.5 Å². The molecular weight excluding hydrogens is 547 g/mol. The van der Waals surface area contributed by atoms with E-state index < -0.39 is 41.0 Å². The zero-order chi connectivity index (χ0) is 29.0. The average Bonchev–Trinajstić information content (AvgIpc) is 3.39. The Bertz CT molecular complexity index is 1570. The average molecular weight is 572 g/mol. The number of ether oxygens (including phenoxy) is 2. The maximum Gasteiger partial charge on any atom is 0.417 e. The summed E-state index contributed by atoms with van der Waals surface area (Å²) in [5.41, 5.74) is -2.08. The van der Waals surface area contributed by atoms with Crippen molar-refractivity contribution in [2.45, 2.75) is 51.1 Å². The number of halogens is 3. The Morgan fingerprint density at radius 2 is 1.93 bits per heavy atom. The molecule has 13 heteroatoms. The highest BCUT2D eigenvalue weighted by Crippen LogP contribution is 2.41. The standard InChI is InChI=1S/C27H24F3N5O4S/c1-4-22-32-19-8-7-16(9-17(19)23(33-22)39-21-13-38-12-20(21)36)35-25(40)34(24(37)26(35,2)3)15-6-5-14(11-31)18(10-15)27(28,29)30/h5-10,20-21,36H,4,12-13H2,1-3H3/t20-,21-/m1/s1. The van der Waals surface area contributed by atoms with Crippen molar-refractivity contribution in [3.05, 3.63) is 53.3 Å². The van der Waals surface area contributed by atoms with Gasteiger partial charge in [-0.3, -0.25) is 9.69 Å². The molecule has 3 aromatic rings. The minimum Gasteiger partial charge on any atom is -0.468 e. The molecule has 2 aromatic carbocycles. The van der Waals surface area contributed by atoms with Gasteiger partial charge in [-0.1, -0.05) is 6.92 Å². The van der Waals surface area contributed by atoms with Crippen LogP contribution in [0.3, 0.4) is 0 Å². The third-order valence-electron chi connectivity index (χ3n) is 6.88. The summed E-state index contributed by atoms with van der Waals surface area (Å²) in [6.45, 7) is 5.44. The molecule has 2 aliphatic heterocycles. The predicted molar refractivity (Wildman–Crippen MR) is 143 cm³/mol. The van der Waals surface area contributed by atoms with Gasteiger partial charge in [0, 0.05) is 12.1 Å². The van der Waals surface area contributed by atoms with E-state index in [0.29, 0.717) is 28.8 Å². The number of hydrogen-bond acceptors (Lipinski definition) is 8. The Balaban J connectivity index is 1.58. The van der Waals surface area contributed by atoms with E-state index in [2.05, 4.69) is 9.97 Å². The van der Waals surface area contributed by atoms with Crippen molar-refractivity contribution in [3.8, 4) is 11.9 Å². The maximum atomic E-state index is 13.7. The van der Waals surface area contributed by atoms with Gasteiger partial charge in [0.1, 0.15) is 17.5 Å². The number of aryl methyl sites for hydroxylation is 1. The molecule has 208 valence electrons. The number of aliphatic hydroxyl groups is 1. The van der Waals surface area contributed by atoms with Crippen LogP contribution in [-0.2, 0) is 22.1 Å². The lowest BCUT2D eigenvalue weighted by molar-refractivity contribution is -0.137. The van der Waals surface area contributed by atoms with Crippen LogP contribution in [0.15, 0.2) is 36.4 Å². The molecular formula is C27H24F3N5O4S. The van der Waals surface area contributed by atoms with Crippen molar-refractivity contribution < 1.29 is 32.5 Å². The van der Waals surface area contributed by atoms with Gasteiger partial charge >= 0.3 is 6.18 Å². The number of carbonyl (C=O) groups excluding carboxylic acids is 1. The number of anilines is 2. The van der Waals surface area contributed by atoms with Crippen molar-refractivity contribution in [1.82, 2.24) is 9.97 Å². The number of nitrogens with zero attached hydrogens (tertiary/aromatic N) is 5. The fourth-order valence-electron chi connectivity index (χ4n) is 4.76. The quantitative estimate of drug-likeness (QED) is 0.452. The fraction of sp³-hybridized carbons (Fsp3) is 0.370. The minimum absolute atomic E-state index is 0.0413. The van der Waals surface area contributed by atoms with E-state index in [9.17, 15) is 23.1 Å². The van der Waals surface area contributed by atoms with E-state index in [1.807, 2.05) is 6.92 Å². The zero-order valence-corrected chi connectivity index (χ0v) is 22.5. The van der Waals surface area contributed by atoms with Gasteiger partial charge in [-0.05, 0) is 62.5 Å². The summed E-state index contributed by atoms with van der Waals surface area (Å²) < 4.78 is 52.3. The van der Waals surface area contributed by atoms with E-state index in [1.165, 1.54) is 12.1 Å². The van der Waals surface area contributed by atoms with Crippen molar-refractivity contribution >= 4 is 45.5 Å². The first kappa shape index (κ1) is 27.7. The Hall–Kier alpha value is -3.86. The van der Waals surface area contributed by atoms with Crippen LogP contribution in [0.4, 0.5) is 24.5 Å². The smallest absolute Gasteiger partial charge is 0.417 e. The number of aromatic nitrogens is 2. The van der Waals surface area contributed by atoms with Crippen LogP contribution in [0.25, 0.3) is 10.9 Å². The van der Waals surface area contributed by atoms with Crippen LogP contribution in [0.2, 0.25) is 0 Å². The summed E-state index contributed by atoms with van der Waals surface area (Å²) in [6, 6.07) is 9.69. The summed E-state index contributed by atoms with van der Waals surface area (Å²) in [7, 11) is 0. The molecule has 0 aliphatic carbocycles. The summed E-state index contributed by atoms with van der Waals surface area (Å²) >= 11 is 5.65. The van der Waals surface area contributed by atoms with Crippen molar-refractivity contribution in [2.24, 2.45) is 0 Å². The minimum atomic E-state index is -4.80. The number of thiocarbonyl (C=S) groups is 1. The predicted octanol–water partition coefficient (Wildman–Crippen LogP) is 4.14. The highest BCUT2D eigenvalue weighted by atomic mass is 32.1. The largest absolute Gasteiger partial charge is 0.468 e. The van der Waals surface area contributed by atoms with Crippen LogP contribution in [0, 0.1) is 11.3 Å². The molecule has 5 rings (SSSR count). The monoisotopic (exact) mass is 571 g/mol. The van der Waals surface area contributed by atoms with Gasteiger partial charge in [0.25, 0.3) is 5.91 Å². The third kappa shape index (κ3) is 4.61. The first-order valence-corrected chi connectivity index (χ1v) is 12.8. The number of aliphatic hydroxyl groups excluding tert-OH is 1. The fourth-order valence-corrected chi connectivity index (χ4v) is 5.28. The Labute approximate surface area is 232 Å². The molecule has 3 heterocycles. The molecule has 2 saturated heterocycles. The second kappa shape index (κ2) is 9.96. The normalized spacial score (nSPS) is 20.9. The number of benzene rings is 2. The van der Waals surface area contributed by atoms with Crippen LogP contribution in [0.1, 0.15) is 37.7 Å². The molecule has 0 saturated carbocycles. The lowest BCUT2D eigenvalue weighted by Gasteiger charge is -2.29. The number of fused-ring (bicyclic) bond motifs is 1. The molecule has 40 heavy (non-hydrogen) atoms. The second-order valence-electron chi connectivity index (χ2n) is 9.92. The van der Waals surface area contributed by atoms with E-state index in [4.69, 9.17) is 27.0 Å². The second-order valence-corrected chi connectivity index (χ2v) is 10.3. The summed E-state index contributed by atoms with van der Waals surface area (Å²) in [5, 5.41) is 19.8. The molecule has 0 unspecified atom stereocenters. The molecule has 9 nitrogen and oxygen atoms in total. The van der Waals surface area contributed by atoms with E-state index in [0.717, 1.165) is 17.0 Å². The van der Waals surface area contributed by atoms with E-state index in [1.54, 1.807) is 36.9 Å². The SMILES string of the molecule is CCc1nc(O[C@@H]2COC[C@H]2O)c2cc(N3C(=S)N(c4ccc(C#N)c(C(F)(F)F)c4)C(=O)C3(C)C)ccc2n1. The van der Waals surface area contributed by atoms with Crippen LogP contribution in [0.5, 0.6) is 5.88 Å². The highest BCUT2D eigenvalue weighted by Gasteiger charge is 2.51. The number of rotatable bonds is 5. The molecule has 1 aromatic heterocycles. The molecule has 1 amide bonds. The lowest BCUT2D eigenvalue weighted by Crippen LogP contribution is -2.44. The topological polar surface area (TPSA) is 112 Å².